The lowest BCUT2D eigenvalue weighted by Crippen LogP contribution is -2.13. The molecule has 37 heavy (non-hydrogen) atoms. The van der Waals surface area contributed by atoms with Crippen molar-refractivity contribution in [1.82, 2.24) is 0 Å². The van der Waals surface area contributed by atoms with Crippen molar-refractivity contribution in [3.63, 3.8) is 0 Å². The predicted octanol–water partition coefficient (Wildman–Crippen LogP) is 2.75. The smallest absolute Gasteiger partial charge is 0.302 e. The first kappa shape index (κ1) is 31.7. The van der Waals surface area contributed by atoms with Crippen LogP contribution in [-0.4, -0.2) is 89.7 Å². The van der Waals surface area contributed by atoms with Gasteiger partial charge in [-0.3, -0.25) is 14.4 Å². The number of carbonyl (C=O) groups is 3. The number of benzene rings is 2. The van der Waals surface area contributed by atoms with Gasteiger partial charge >= 0.3 is 5.97 Å². The molecule has 10 heteroatoms. The summed E-state index contributed by atoms with van der Waals surface area (Å²) in [6, 6.07) is 13.7. The normalized spacial score (nSPS) is 10.1. The fraction of sp³-hybridized carbons (Fsp3) is 0.444. The van der Waals surface area contributed by atoms with Gasteiger partial charge in [0.2, 0.25) is 0 Å². The summed E-state index contributed by atoms with van der Waals surface area (Å²) >= 11 is 0. The zero-order valence-corrected chi connectivity index (χ0v) is 21.2. The molecule has 204 valence electrons. The Balaban J connectivity index is 0.000000384. The molecule has 0 aliphatic carbocycles. The average molecular weight is 521 g/mol. The molecule has 0 unspecified atom stereocenters. The molecule has 0 radical (unpaired) electrons. The molecule has 0 aliphatic heterocycles. The van der Waals surface area contributed by atoms with Crippen molar-refractivity contribution in [3.8, 4) is 11.5 Å². The van der Waals surface area contributed by atoms with Crippen molar-refractivity contribution in [2.45, 2.75) is 13.3 Å². The quantitative estimate of drug-likeness (QED) is 0.168. The van der Waals surface area contributed by atoms with Crippen molar-refractivity contribution >= 4 is 18.5 Å². The number of rotatable bonds is 19. The topological polar surface area (TPSA) is 127 Å². The summed E-state index contributed by atoms with van der Waals surface area (Å²) in [5, 5.41) is 8.48. The Morgan fingerprint density at radius 3 is 1.51 bits per heavy atom. The summed E-state index contributed by atoms with van der Waals surface area (Å²) in [7, 11) is 0. The number of aldehydes is 2. The average Bonchev–Trinajstić information content (AvgIpc) is 2.92. The first-order valence-corrected chi connectivity index (χ1v) is 11.9. The highest BCUT2D eigenvalue weighted by Crippen LogP contribution is 2.11. The number of hydrogen-bond acceptors (Lipinski definition) is 10. The van der Waals surface area contributed by atoms with E-state index in [-0.39, 0.29) is 12.6 Å². The highest BCUT2D eigenvalue weighted by molar-refractivity contribution is 5.75. The number of carbonyl (C=O) groups excluding carboxylic acids is 3. The molecule has 0 spiro atoms. The van der Waals surface area contributed by atoms with Crippen molar-refractivity contribution in [2.24, 2.45) is 0 Å². The Bertz CT molecular complexity index is 852. The third-order valence-corrected chi connectivity index (χ3v) is 4.37. The lowest BCUT2D eigenvalue weighted by Gasteiger charge is -2.08. The van der Waals surface area contributed by atoms with Gasteiger partial charge in [-0.05, 0) is 48.5 Å². The summed E-state index contributed by atoms with van der Waals surface area (Å²) in [4.78, 5) is 31.3. The maximum atomic E-state index is 10.5. The maximum absolute atomic E-state index is 10.5. The molecule has 2 aromatic rings. The molecule has 0 saturated heterocycles. The number of ether oxygens (including phenoxy) is 6. The zero-order valence-electron chi connectivity index (χ0n) is 21.2. The third kappa shape index (κ3) is 17.7. The minimum atomic E-state index is -0.282. The van der Waals surface area contributed by atoms with Gasteiger partial charge in [0, 0.05) is 24.5 Å². The van der Waals surface area contributed by atoms with Crippen LogP contribution in [-0.2, 0) is 23.7 Å². The lowest BCUT2D eigenvalue weighted by molar-refractivity contribution is -0.141. The van der Waals surface area contributed by atoms with Crippen LogP contribution in [0.1, 0.15) is 34.1 Å². The number of aliphatic hydroxyl groups excluding tert-OH is 1. The third-order valence-electron chi connectivity index (χ3n) is 4.37. The molecular formula is C27H36O10. The first-order chi connectivity index (χ1) is 18.1. The molecule has 2 aromatic carbocycles. The van der Waals surface area contributed by atoms with E-state index < -0.39 is 0 Å². The number of esters is 1. The van der Waals surface area contributed by atoms with E-state index in [0.717, 1.165) is 12.6 Å². The zero-order chi connectivity index (χ0) is 27.0. The standard InChI is InChI=1S/C15H22O6.C12H14O4/c16-5-6-18-7-8-19-9-10-20-11-12-21-15-3-1-14(13-17)2-4-15;1-10(14)15-7-2-8-16-12-5-3-11(9-13)4-6-12/h1-4,13,16H,5-12H2;3-6,9H,2,7-8H2,1H3. The summed E-state index contributed by atoms with van der Waals surface area (Å²) in [5.41, 5.74) is 1.24. The van der Waals surface area contributed by atoms with Gasteiger partial charge in [0.1, 0.15) is 30.7 Å². The molecule has 10 nitrogen and oxygen atoms in total. The summed E-state index contributed by atoms with van der Waals surface area (Å²) in [5.74, 6) is 1.13. The molecule has 0 aromatic heterocycles. The van der Waals surface area contributed by atoms with E-state index in [1.807, 2.05) is 0 Å². The van der Waals surface area contributed by atoms with E-state index in [1.54, 1.807) is 48.5 Å². The van der Waals surface area contributed by atoms with Crippen LogP contribution < -0.4 is 9.47 Å². The van der Waals surface area contributed by atoms with Crippen LogP contribution in [0, 0.1) is 0 Å². The van der Waals surface area contributed by atoms with E-state index in [2.05, 4.69) is 0 Å². The van der Waals surface area contributed by atoms with Crippen LogP contribution in [0.4, 0.5) is 0 Å². The van der Waals surface area contributed by atoms with Gasteiger partial charge in [0.25, 0.3) is 0 Å². The molecule has 0 amide bonds. The highest BCUT2D eigenvalue weighted by Gasteiger charge is 1.97. The van der Waals surface area contributed by atoms with E-state index in [0.29, 0.717) is 88.5 Å². The molecule has 0 saturated carbocycles. The van der Waals surface area contributed by atoms with Crippen molar-refractivity contribution in [1.29, 1.82) is 0 Å². The van der Waals surface area contributed by atoms with Crippen molar-refractivity contribution in [2.75, 3.05) is 66.1 Å². The Morgan fingerprint density at radius 2 is 1.08 bits per heavy atom. The largest absolute Gasteiger partial charge is 0.493 e. The molecule has 2 rings (SSSR count). The fourth-order valence-corrected chi connectivity index (χ4v) is 2.57. The van der Waals surface area contributed by atoms with E-state index >= 15 is 0 Å². The first-order valence-electron chi connectivity index (χ1n) is 11.9. The Hall–Kier alpha value is -3.31. The van der Waals surface area contributed by atoms with E-state index in [9.17, 15) is 14.4 Å². The van der Waals surface area contributed by atoms with Crippen LogP contribution in [0.3, 0.4) is 0 Å². The minimum absolute atomic E-state index is 0.0288. The summed E-state index contributed by atoms with van der Waals surface area (Å²) in [6.45, 7) is 5.45. The van der Waals surface area contributed by atoms with Gasteiger partial charge in [0.05, 0.1) is 59.5 Å². The maximum Gasteiger partial charge on any atom is 0.302 e. The van der Waals surface area contributed by atoms with Crippen molar-refractivity contribution in [3.05, 3.63) is 59.7 Å². The monoisotopic (exact) mass is 520 g/mol. The molecule has 0 fully saturated rings. The second-order valence-electron chi connectivity index (χ2n) is 7.33. The lowest BCUT2D eigenvalue weighted by atomic mass is 10.2. The Kier molecular flexibility index (Phi) is 18.8. The highest BCUT2D eigenvalue weighted by atomic mass is 16.6. The fourth-order valence-electron chi connectivity index (χ4n) is 2.57. The van der Waals surface area contributed by atoms with E-state index in [4.69, 9.17) is 33.5 Å². The van der Waals surface area contributed by atoms with Crippen molar-refractivity contribution < 1.29 is 47.9 Å². The van der Waals surface area contributed by atoms with Crippen LogP contribution in [0.2, 0.25) is 0 Å². The SMILES string of the molecule is CC(=O)OCCCOc1ccc(C=O)cc1.O=Cc1ccc(OCCOCCOCCOCCO)cc1. The molecular weight excluding hydrogens is 484 g/mol. The molecule has 0 bridgehead atoms. The predicted molar refractivity (Wildman–Crippen MR) is 135 cm³/mol. The minimum Gasteiger partial charge on any atom is -0.493 e. The van der Waals surface area contributed by atoms with Gasteiger partial charge in [-0.2, -0.15) is 0 Å². The van der Waals surface area contributed by atoms with Gasteiger partial charge in [-0.1, -0.05) is 0 Å². The number of aliphatic hydroxyl groups is 1. The second kappa shape index (κ2) is 21.9. The van der Waals surface area contributed by atoms with Gasteiger partial charge in [-0.15, -0.1) is 0 Å². The summed E-state index contributed by atoms with van der Waals surface area (Å²) < 4.78 is 31.2. The van der Waals surface area contributed by atoms with Gasteiger partial charge in [-0.25, -0.2) is 0 Å². The van der Waals surface area contributed by atoms with Gasteiger partial charge in [0.15, 0.2) is 0 Å². The summed E-state index contributed by atoms with van der Waals surface area (Å²) in [6.07, 6.45) is 2.22. The number of hydrogen-bond donors (Lipinski definition) is 1. The Morgan fingerprint density at radius 1 is 0.649 bits per heavy atom. The molecule has 1 N–H and O–H groups in total. The van der Waals surface area contributed by atoms with Crippen LogP contribution >= 0.6 is 0 Å². The molecule has 0 atom stereocenters. The van der Waals surface area contributed by atoms with Crippen LogP contribution in [0.25, 0.3) is 0 Å². The molecule has 0 heterocycles. The van der Waals surface area contributed by atoms with Crippen LogP contribution in [0.15, 0.2) is 48.5 Å². The molecule has 0 aliphatic rings. The van der Waals surface area contributed by atoms with Gasteiger partial charge < -0.3 is 33.5 Å². The van der Waals surface area contributed by atoms with Crippen LogP contribution in [0.5, 0.6) is 11.5 Å². The van der Waals surface area contributed by atoms with E-state index in [1.165, 1.54) is 6.92 Å². The Labute approximate surface area is 217 Å². The second-order valence-corrected chi connectivity index (χ2v) is 7.33.